The van der Waals surface area contributed by atoms with Crippen LogP contribution in [0.25, 0.3) is 27.7 Å². The van der Waals surface area contributed by atoms with Crippen molar-refractivity contribution in [2.75, 3.05) is 0 Å². The first kappa shape index (κ1) is 21.8. The number of rotatable bonds is 3. The van der Waals surface area contributed by atoms with Crippen LogP contribution in [0.2, 0.25) is 0 Å². The van der Waals surface area contributed by atoms with E-state index in [9.17, 15) is 18.0 Å². The molecule has 2 aromatic heterocycles. The summed E-state index contributed by atoms with van der Waals surface area (Å²) in [6, 6.07) is 14.0. The van der Waals surface area contributed by atoms with Crippen LogP contribution >= 0.6 is 0 Å². The molecule has 4 saturated carbocycles. The molecule has 4 fully saturated rings. The average Bonchev–Trinajstić information content (AvgIpc) is 3.28. The number of fused-ring (bicyclic) bond motifs is 2. The van der Waals surface area contributed by atoms with E-state index in [-0.39, 0.29) is 22.9 Å². The fraction of sp³-hybridized carbons (Fsp3) is 0.393. The third-order valence-electron chi connectivity index (χ3n) is 8.60. The van der Waals surface area contributed by atoms with Gasteiger partial charge in [-0.15, -0.1) is 0 Å². The van der Waals surface area contributed by atoms with Gasteiger partial charge in [0.15, 0.2) is 11.3 Å². The Bertz CT molecular complexity index is 1470. The molecule has 4 bridgehead atoms. The van der Waals surface area contributed by atoms with E-state index >= 15 is 0 Å². The van der Waals surface area contributed by atoms with Crippen LogP contribution in [-0.4, -0.2) is 26.5 Å². The van der Waals surface area contributed by atoms with Gasteiger partial charge in [0.2, 0.25) is 0 Å². The molecule has 1 N–H and O–H groups in total. The number of alkyl halides is 3. The standard InChI is InChI=1S/C28H25F3N4O/c29-28(30,31)24-13-23(21-7-3-5-17-4-1-2-6-20(17)21)33-26-22(14-32-35(24)26)27(36)34-25-18-9-15-8-16(11-18)12-19(25)10-15/h1-7,13-16,18-19,25H,8-12H2,(H,34,36). The van der Waals surface area contributed by atoms with Crippen molar-refractivity contribution in [3.8, 4) is 11.3 Å². The molecule has 8 heteroatoms. The Morgan fingerprint density at radius 3 is 2.36 bits per heavy atom. The Balaban J connectivity index is 1.32. The highest BCUT2D eigenvalue weighted by Crippen LogP contribution is 2.53. The van der Waals surface area contributed by atoms with Gasteiger partial charge in [0, 0.05) is 11.6 Å². The van der Waals surface area contributed by atoms with E-state index in [1.165, 1.54) is 12.6 Å². The number of nitrogens with one attached hydrogen (secondary N) is 1. The highest BCUT2D eigenvalue weighted by Gasteiger charge is 2.48. The van der Waals surface area contributed by atoms with Crippen molar-refractivity contribution in [2.24, 2.45) is 23.7 Å². The first-order valence-electron chi connectivity index (χ1n) is 12.6. The predicted molar refractivity (Wildman–Crippen MR) is 129 cm³/mol. The van der Waals surface area contributed by atoms with E-state index in [2.05, 4.69) is 15.4 Å². The van der Waals surface area contributed by atoms with Crippen molar-refractivity contribution in [3.05, 3.63) is 66.0 Å². The Kier molecular flexibility index (Phi) is 4.72. The fourth-order valence-corrected chi connectivity index (χ4v) is 7.30. The number of aromatic nitrogens is 3. The van der Waals surface area contributed by atoms with Crippen LogP contribution in [0.5, 0.6) is 0 Å². The molecule has 184 valence electrons. The van der Waals surface area contributed by atoms with Gasteiger partial charge in [0.05, 0.1) is 11.9 Å². The van der Waals surface area contributed by atoms with Crippen molar-refractivity contribution in [1.82, 2.24) is 19.9 Å². The third-order valence-corrected chi connectivity index (χ3v) is 8.60. The lowest BCUT2D eigenvalue weighted by atomic mass is 9.54. The fourth-order valence-electron chi connectivity index (χ4n) is 7.30. The van der Waals surface area contributed by atoms with Crippen molar-refractivity contribution < 1.29 is 18.0 Å². The van der Waals surface area contributed by atoms with Gasteiger partial charge in [-0.2, -0.15) is 18.3 Å². The molecule has 2 heterocycles. The van der Waals surface area contributed by atoms with Crippen LogP contribution in [0.15, 0.2) is 54.7 Å². The summed E-state index contributed by atoms with van der Waals surface area (Å²) in [6.07, 6.45) is 2.39. The monoisotopic (exact) mass is 490 g/mol. The topological polar surface area (TPSA) is 59.3 Å². The molecular weight excluding hydrogens is 465 g/mol. The smallest absolute Gasteiger partial charge is 0.349 e. The van der Waals surface area contributed by atoms with Gasteiger partial charge in [0.25, 0.3) is 5.91 Å². The number of hydrogen-bond donors (Lipinski definition) is 1. The predicted octanol–water partition coefficient (Wildman–Crippen LogP) is 6.12. The lowest BCUT2D eigenvalue weighted by Crippen LogP contribution is -2.55. The molecule has 0 aliphatic heterocycles. The Morgan fingerprint density at radius 2 is 1.64 bits per heavy atom. The zero-order valence-corrected chi connectivity index (χ0v) is 19.5. The van der Waals surface area contributed by atoms with Crippen LogP contribution in [0.3, 0.4) is 0 Å². The van der Waals surface area contributed by atoms with E-state index in [4.69, 9.17) is 0 Å². The maximum atomic E-state index is 14.1. The van der Waals surface area contributed by atoms with E-state index < -0.39 is 17.8 Å². The summed E-state index contributed by atoms with van der Waals surface area (Å²) in [5.41, 5.74) is -0.208. The Labute approximate surface area is 205 Å². The summed E-state index contributed by atoms with van der Waals surface area (Å²) in [5.74, 6) is 2.04. The SMILES string of the molecule is O=C(NC1C2CC3CC(C2)CC1C3)c1cnn2c(C(F)(F)F)cc(-c3cccc4ccccc34)nc12. The van der Waals surface area contributed by atoms with Crippen LogP contribution in [0, 0.1) is 23.7 Å². The minimum absolute atomic E-state index is 0.0728. The number of halogens is 3. The lowest BCUT2D eigenvalue weighted by Gasteiger charge is -2.54. The highest BCUT2D eigenvalue weighted by atomic mass is 19.4. The summed E-state index contributed by atoms with van der Waals surface area (Å²) in [7, 11) is 0. The summed E-state index contributed by atoms with van der Waals surface area (Å²) < 4.78 is 43.1. The second kappa shape index (κ2) is 7.79. The molecule has 0 saturated heterocycles. The molecule has 0 spiro atoms. The molecule has 0 atom stereocenters. The maximum absolute atomic E-state index is 14.1. The van der Waals surface area contributed by atoms with Gasteiger partial charge in [-0.3, -0.25) is 4.79 Å². The largest absolute Gasteiger partial charge is 0.433 e. The van der Waals surface area contributed by atoms with Crippen LogP contribution in [-0.2, 0) is 6.18 Å². The molecule has 4 aromatic rings. The van der Waals surface area contributed by atoms with Crippen molar-refractivity contribution in [3.63, 3.8) is 0 Å². The zero-order chi connectivity index (χ0) is 24.6. The molecule has 36 heavy (non-hydrogen) atoms. The molecule has 8 rings (SSSR count). The van der Waals surface area contributed by atoms with Crippen molar-refractivity contribution in [1.29, 1.82) is 0 Å². The van der Waals surface area contributed by atoms with Crippen LogP contribution in [0.4, 0.5) is 13.2 Å². The van der Waals surface area contributed by atoms with Crippen LogP contribution in [0.1, 0.15) is 48.2 Å². The van der Waals surface area contributed by atoms with Gasteiger partial charge in [-0.1, -0.05) is 42.5 Å². The number of carbonyl (C=O) groups excluding carboxylic acids is 1. The summed E-state index contributed by atoms with van der Waals surface area (Å²) in [5, 5.41) is 8.85. The number of benzene rings is 2. The Morgan fingerprint density at radius 1 is 0.944 bits per heavy atom. The molecule has 4 aliphatic carbocycles. The molecule has 1 amide bonds. The number of nitrogens with zero attached hydrogens (tertiary/aromatic N) is 3. The lowest BCUT2D eigenvalue weighted by molar-refractivity contribution is -0.142. The highest BCUT2D eigenvalue weighted by molar-refractivity contribution is 6.01. The van der Waals surface area contributed by atoms with E-state index in [1.807, 2.05) is 30.3 Å². The zero-order valence-electron chi connectivity index (χ0n) is 19.5. The van der Waals surface area contributed by atoms with Crippen molar-refractivity contribution in [2.45, 2.75) is 44.3 Å². The van der Waals surface area contributed by atoms with E-state index in [1.54, 1.807) is 12.1 Å². The van der Waals surface area contributed by atoms with E-state index in [0.29, 0.717) is 17.4 Å². The summed E-state index contributed by atoms with van der Waals surface area (Å²) in [6.45, 7) is 0. The second-order valence-corrected chi connectivity index (χ2v) is 10.8. The number of hydrogen-bond acceptors (Lipinski definition) is 3. The number of amides is 1. The second-order valence-electron chi connectivity index (χ2n) is 10.8. The first-order valence-corrected chi connectivity index (χ1v) is 12.6. The normalized spacial score (nSPS) is 27.1. The molecule has 4 aliphatic rings. The maximum Gasteiger partial charge on any atom is 0.433 e. The number of carbonyl (C=O) groups is 1. The minimum atomic E-state index is -4.66. The van der Waals surface area contributed by atoms with Gasteiger partial charge >= 0.3 is 6.18 Å². The molecule has 0 radical (unpaired) electrons. The van der Waals surface area contributed by atoms with E-state index in [0.717, 1.165) is 58.9 Å². The molecular formula is C28H25F3N4O. The third kappa shape index (κ3) is 3.41. The van der Waals surface area contributed by atoms with Gasteiger partial charge in [-0.05, 0) is 72.6 Å². The Hall–Kier alpha value is -3.42. The summed E-state index contributed by atoms with van der Waals surface area (Å²) >= 11 is 0. The minimum Gasteiger partial charge on any atom is -0.349 e. The van der Waals surface area contributed by atoms with Crippen molar-refractivity contribution >= 4 is 22.3 Å². The molecule has 0 unspecified atom stereocenters. The first-order chi connectivity index (χ1) is 17.3. The summed E-state index contributed by atoms with van der Waals surface area (Å²) in [4.78, 5) is 18.0. The molecule has 2 aromatic carbocycles. The van der Waals surface area contributed by atoms with Gasteiger partial charge in [0.1, 0.15) is 5.56 Å². The average molecular weight is 491 g/mol. The quantitative estimate of drug-likeness (QED) is 0.376. The van der Waals surface area contributed by atoms with Gasteiger partial charge in [-0.25, -0.2) is 9.50 Å². The van der Waals surface area contributed by atoms with Crippen LogP contribution < -0.4 is 5.32 Å². The molecule has 5 nitrogen and oxygen atoms in total. The van der Waals surface area contributed by atoms with Gasteiger partial charge < -0.3 is 5.32 Å².